The molecule has 1 heterocycles. The highest BCUT2D eigenvalue weighted by Gasteiger charge is 2.25. The number of nitrogens with zero attached hydrogens (tertiary/aromatic N) is 1. The molecule has 0 spiro atoms. The van der Waals surface area contributed by atoms with Crippen LogP contribution in [0.4, 0.5) is 4.39 Å². The van der Waals surface area contributed by atoms with Crippen LogP contribution in [-0.4, -0.2) is 29.9 Å². The van der Waals surface area contributed by atoms with Crippen LogP contribution in [0.1, 0.15) is 18.9 Å². The Hall–Kier alpha value is -1.66. The molecule has 1 aliphatic rings. The lowest BCUT2D eigenvalue weighted by atomic mass is 9.94. The third-order valence-electron chi connectivity index (χ3n) is 2.93. The number of hydrazone groups is 1. The number of aliphatic hydroxyl groups is 1. The van der Waals surface area contributed by atoms with E-state index in [0.29, 0.717) is 5.71 Å². The zero-order valence-corrected chi connectivity index (χ0v) is 11.6. The SMILES string of the molecule is CC1CC(=O)NN=C1c1ccc(OCCO)c(Cl)c1F. The summed E-state index contributed by atoms with van der Waals surface area (Å²) in [5.74, 6) is -0.881. The number of carbonyl (C=O) groups excluding carboxylic acids is 1. The normalized spacial score (nSPS) is 18.5. The van der Waals surface area contributed by atoms with Crippen molar-refractivity contribution in [1.82, 2.24) is 5.43 Å². The number of benzene rings is 1. The van der Waals surface area contributed by atoms with Crippen molar-refractivity contribution in [2.45, 2.75) is 13.3 Å². The van der Waals surface area contributed by atoms with E-state index in [4.69, 9.17) is 21.4 Å². The number of aliphatic hydroxyl groups excluding tert-OH is 1. The summed E-state index contributed by atoms with van der Waals surface area (Å²) in [5.41, 5.74) is 3.01. The summed E-state index contributed by atoms with van der Waals surface area (Å²) in [5, 5.41) is 12.4. The van der Waals surface area contributed by atoms with Gasteiger partial charge < -0.3 is 9.84 Å². The molecule has 0 radical (unpaired) electrons. The number of hydrogen-bond acceptors (Lipinski definition) is 4. The van der Waals surface area contributed by atoms with Gasteiger partial charge in [-0.3, -0.25) is 4.79 Å². The molecule has 0 saturated heterocycles. The molecule has 2 N–H and O–H groups in total. The first kappa shape index (κ1) is 14.7. The highest BCUT2D eigenvalue weighted by molar-refractivity contribution is 6.32. The molecular weight excluding hydrogens is 287 g/mol. The fraction of sp³-hybridized carbons (Fsp3) is 0.385. The third kappa shape index (κ3) is 2.91. The van der Waals surface area contributed by atoms with Gasteiger partial charge >= 0.3 is 0 Å². The highest BCUT2D eigenvalue weighted by atomic mass is 35.5. The van der Waals surface area contributed by atoms with Gasteiger partial charge in [0.1, 0.15) is 17.4 Å². The van der Waals surface area contributed by atoms with Crippen molar-refractivity contribution in [3.8, 4) is 5.75 Å². The third-order valence-corrected chi connectivity index (χ3v) is 3.28. The maximum Gasteiger partial charge on any atom is 0.240 e. The summed E-state index contributed by atoms with van der Waals surface area (Å²) in [7, 11) is 0. The van der Waals surface area contributed by atoms with Gasteiger partial charge in [0, 0.05) is 17.9 Å². The summed E-state index contributed by atoms with van der Waals surface area (Å²) in [6.07, 6.45) is 0.249. The van der Waals surface area contributed by atoms with Gasteiger partial charge in [0.15, 0.2) is 5.82 Å². The molecule has 1 aromatic rings. The zero-order chi connectivity index (χ0) is 14.7. The minimum atomic E-state index is -0.649. The van der Waals surface area contributed by atoms with Crippen molar-refractivity contribution in [3.05, 3.63) is 28.5 Å². The number of hydrogen-bond donors (Lipinski definition) is 2. The second-order valence-electron chi connectivity index (χ2n) is 4.45. The molecule has 0 fully saturated rings. The predicted octanol–water partition coefficient (Wildman–Crippen LogP) is 1.71. The van der Waals surface area contributed by atoms with Crippen LogP contribution in [-0.2, 0) is 4.79 Å². The molecule has 2 rings (SSSR count). The van der Waals surface area contributed by atoms with E-state index in [1.165, 1.54) is 12.1 Å². The predicted molar refractivity (Wildman–Crippen MR) is 72.5 cm³/mol. The second-order valence-corrected chi connectivity index (χ2v) is 4.83. The van der Waals surface area contributed by atoms with Crippen LogP contribution in [0.15, 0.2) is 17.2 Å². The fourth-order valence-corrected chi connectivity index (χ4v) is 2.19. The van der Waals surface area contributed by atoms with Crippen molar-refractivity contribution in [1.29, 1.82) is 0 Å². The quantitative estimate of drug-likeness (QED) is 0.889. The first-order chi connectivity index (χ1) is 9.54. The van der Waals surface area contributed by atoms with Crippen LogP contribution < -0.4 is 10.2 Å². The van der Waals surface area contributed by atoms with Gasteiger partial charge in [0.25, 0.3) is 0 Å². The van der Waals surface area contributed by atoms with Gasteiger partial charge in [-0.25, -0.2) is 9.82 Å². The van der Waals surface area contributed by atoms with Crippen LogP contribution in [0.2, 0.25) is 5.02 Å². The summed E-state index contributed by atoms with van der Waals surface area (Å²) in [6.45, 7) is 1.64. The topological polar surface area (TPSA) is 70.9 Å². The van der Waals surface area contributed by atoms with E-state index >= 15 is 0 Å². The van der Waals surface area contributed by atoms with Crippen LogP contribution >= 0.6 is 11.6 Å². The smallest absolute Gasteiger partial charge is 0.240 e. The lowest BCUT2D eigenvalue weighted by Crippen LogP contribution is -2.32. The molecular formula is C13H14ClFN2O3. The minimum absolute atomic E-state index is 0.0336. The summed E-state index contributed by atoms with van der Waals surface area (Å²) in [6, 6.07) is 3.02. The maximum atomic E-state index is 14.3. The Morgan fingerprint density at radius 3 is 3.00 bits per heavy atom. The first-order valence-corrected chi connectivity index (χ1v) is 6.50. The number of carbonyl (C=O) groups is 1. The van der Waals surface area contributed by atoms with Gasteiger partial charge in [-0.1, -0.05) is 18.5 Å². The molecule has 1 aromatic carbocycles. The molecule has 5 nitrogen and oxygen atoms in total. The van der Waals surface area contributed by atoms with Gasteiger partial charge in [-0.2, -0.15) is 5.10 Å². The van der Waals surface area contributed by atoms with E-state index in [2.05, 4.69) is 10.5 Å². The molecule has 20 heavy (non-hydrogen) atoms. The molecule has 0 aromatic heterocycles. The van der Waals surface area contributed by atoms with Gasteiger partial charge in [-0.15, -0.1) is 0 Å². The Morgan fingerprint density at radius 1 is 1.60 bits per heavy atom. The zero-order valence-electron chi connectivity index (χ0n) is 10.8. The molecule has 0 saturated carbocycles. The Labute approximate surface area is 120 Å². The lowest BCUT2D eigenvalue weighted by molar-refractivity contribution is -0.121. The number of halogens is 2. The Kier molecular flexibility index (Phi) is 4.57. The van der Waals surface area contributed by atoms with Crippen molar-refractivity contribution in [2.75, 3.05) is 13.2 Å². The van der Waals surface area contributed by atoms with Crippen molar-refractivity contribution in [2.24, 2.45) is 11.0 Å². The Morgan fingerprint density at radius 2 is 2.35 bits per heavy atom. The van der Waals surface area contributed by atoms with Crippen molar-refractivity contribution in [3.63, 3.8) is 0 Å². The minimum Gasteiger partial charge on any atom is -0.490 e. The first-order valence-electron chi connectivity index (χ1n) is 6.13. The van der Waals surface area contributed by atoms with Crippen LogP contribution in [0.3, 0.4) is 0 Å². The average molecular weight is 301 g/mol. The molecule has 0 bridgehead atoms. The maximum absolute atomic E-state index is 14.3. The van der Waals surface area contributed by atoms with Crippen LogP contribution in [0.5, 0.6) is 5.75 Å². The van der Waals surface area contributed by atoms with E-state index in [-0.39, 0.29) is 47.8 Å². The molecule has 1 atom stereocenters. The molecule has 1 amide bonds. The van der Waals surface area contributed by atoms with E-state index in [9.17, 15) is 9.18 Å². The number of nitrogens with one attached hydrogen (secondary N) is 1. The average Bonchev–Trinajstić information content (AvgIpc) is 2.41. The van der Waals surface area contributed by atoms with E-state index in [1.807, 2.05) is 0 Å². The van der Waals surface area contributed by atoms with Crippen molar-refractivity contribution >= 4 is 23.2 Å². The summed E-state index contributed by atoms with van der Waals surface area (Å²) >= 11 is 5.91. The van der Waals surface area contributed by atoms with E-state index < -0.39 is 5.82 Å². The standard InChI is InChI=1S/C13H14ClFN2O3/c1-7-6-10(19)16-17-13(7)8-2-3-9(20-5-4-18)11(14)12(8)15/h2-3,7,18H,4-6H2,1H3,(H,16,19). The Balaban J connectivity index is 2.34. The summed E-state index contributed by atoms with van der Waals surface area (Å²) < 4.78 is 19.4. The van der Waals surface area contributed by atoms with Crippen LogP contribution in [0, 0.1) is 11.7 Å². The van der Waals surface area contributed by atoms with Gasteiger partial charge in [0.2, 0.25) is 5.91 Å². The fourth-order valence-electron chi connectivity index (χ4n) is 1.98. The van der Waals surface area contributed by atoms with Gasteiger partial charge in [0.05, 0.1) is 12.3 Å². The monoisotopic (exact) mass is 300 g/mol. The second kappa shape index (κ2) is 6.19. The van der Waals surface area contributed by atoms with Crippen molar-refractivity contribution < 1.29 is 19.0 Å². The number of ether oxygens (including phenoxy) is 1. The van der Waals surface area contributed by atoms with Gasteiger partial charge in [-0.05, 0) is 12.1 Å². The Bertz CT molecular complexity index is 563. The van der Waals surface area contributed by atoms with Crippen LogP contribution in [0.25, 0.3) is 0 Å². The molecule has 1 unspecified atom stereocenters. The molecule has 1 aliphatic heterocycles. The molecule has 7 heteroatoms. The molecule has 108 valence electrons. The highest BCUT2D eigenvalue weighted by Crippen LogP contribution is 2.31. The number of amides is 1. The lowest BCUT2D eigenvalue weighted by Gasteiger charge is -2.20. The summed E-state index contributed by atoms with van der Waals surface area (Å²) in [4.78, 5) is 11.2. The largest absolute Gasteiger partial charge is 0.490 e. The van der Waals surface area contributed by atoms with E-state index in [0.717, 1.165) is 0 Å². The van der Waals surface area contributed by atoms with E-state index in [1.54, 1.807) is 6.92 Å². The number of rotatable bonds is 4. The molecule has 0 aliphatic carbocycles.